The maximum Gasteiger partial charge on any atom is 0.227 e. The van der Waals surface area contributed by atoms with Crippen molar-refractivity contribution in [3.63, 3.8) is 0 Å². The molecule has 0 atom stereocenters. The van der Waals surface area contributed by atoms with Gasteiger partial charge in [0.25, 0.3) is 0 Å². The molecule has 1 aliphatic heterocycles. The van der Waals surface area contributed by atoms with E-state index < -0.39 is 0 Å². The predicted octanol–water partition coefficient (Wildman–Crippen LogP) is 2.94. The third kappa shape index (κ3) is 5.75. The summed E-state index contributed by atoms with van der Waals surface area (Å²) < 4.78 is 10.6. The van der Waals surface area contributed by atoms with E-state index in [-0.39, 0.29) is 11.8 Å². The number of ether oxygens (including phenoxy) is 2. The molecule has 1 aliphatic rings. The Hall–Kier alpha value is -3.02. The van der Waals surface area contributed by atoms with Crippen molar-refractivity contribution >= 4 is 11.8 Å². The normalized spacial score (nSPS) is 14.2. The number of carbonyl (C=O) groups excluding carboxylic acids is 2. The van der Waals surface area contributed by atoms with E-state index in [1.54, 1.807) is 14.2 Å². The number of nitrogens with zero attached hydrogens (tertiary/aromatic N) is 2. The highest BCUT2D eigenvalue weighted by Crippen LogP contribution is 2.27. The van der Waals surface area contributed by atoms with Gasteiger partial charge in [-0.05, 0) is 36.1 Å². The van der Waals surface area contributed by atoms with Crippen LogP contribution in [-0.4, -0.2) is 62.0 Å². The molecule has 2 amide bonds. The van der Waals surface area contributed by atoms with Crippen molar-refractivity contribution in [3.8, 4) is 11.5 Å². The molecule has 0 aromatic heterocycles. The van der Waals surface area contributed by atoms with Crippen molar-refractivity contribution in [2.75, 3.05) is 40.4 Å². The Morgan fingerprint density at radius 1 is 0.800 bits per heavy atom. The summed E-state index contributed by atoms with van der Waals surface area (Å²) in [5.41, 5.74) is 2.06. The van der Waals surface area contributed by atoms with E-state index in [1.165, 1.54) is 5.56 Å². The molecule has 6 nitrogen and oxygen atoms in total. The minimum atomic E-state index is 0.0702. The lowest BCUT2D eigenvalue weighted by Crippen LogP contribution is -2.38. The molecule has 0 radical (unpaired) electrons. The van der Waals surface area contributed by atoms with Gasteiger partial charge < -0.3 is 19.3 Å². The van der Waals surface area contributed by atoms with Crippen molar-refractivity contribution in [1.29, 1.82) is 0 Å². The number of hydrogen-bond acceptors (Lipinski definition) is 4. The molecule has 1 saturated heterocycles. The monoisotopic (exact) mass is 410 g/mol. The van der Waals surface area contributed by atoms with Crippen LogP contribution in [0.5, 0.6) is 11.5 Å². The Labute approximate surface area is 178 Å². The smallest absolute Gasteiger partial charge is 0.227 e. The molecule has 1 heterocycles. The Morgan fingerprint density at radius 3 is 2.13 bits per heavy atom. The van der Waals surface area contributed by atoms with Crippen LogP contribution >= 0.6 is 0 Å². The van der Waals surface area contributed by atoms with Gasteiger partial charge in [0.05, 0.1) is 20.6 Å². The predicted molar refractivity (Wildman–Crippen MR) is 116 cm³/mol. The SMILES string of the molecule is COc1ccc(CC(=O)N2CCCN(C(=O)CCc3ccccc3)CC2)cc1OC. The lowest BCUT2D eigenvalue weighted by Gasteiger charge is -2.22. The van der Waals surface area contributed by atoms with E-state index in [9.17, 15) is 9.59 Å². The molecule has 0 saturated carbocycles. The van der Waals surface area contributed by atoms with Crippen LogP contribution in [0.15, 0.2) is 48.5 Å². The standard InChI is InChI=1S/C24H30N2O4/c1-29-21-11-9-20(17-22(21)30-2)18-24(28)26-14-6-13-25(15-16-26)23(27)12-10-19-7-4-3-5-8-19/h3-5,7-9,11,17H,6,10,12-16,18H2,1-2H3. The summed E-state index contributed by atoms with van der Waals surface area (Å²) in [6.07, 6.45) is 2.36. The molecule has 2 aromatic carbocycles. The summed E-state index contributed by atoms with van der Waals surface area (Å²) in [5, 5.41) is 0. The average molecular weight is 411 g/mol. The van der Waals surface area contributed by atoms with Gasteiger partial charge in [0.1, 0.15) is 0 Å². The van der Waals surface area contributed by atoms with Crippen LogP contribution in [0.2, 0.25) is 0 Å². The topological polar surface area (TPSA) is 59.1 Å². The van der Waals surface area contributed by atoms with E-state index in [0.717, 1.165) is 18.4 Å². The summed E-state index contributed by atoms with van der Waals surface area (Å²) in [4.78, 5) is 29.2. The van der Waals surface area contributed by atoms with Gasteiger partial charge in [-0.15, -0.1) is 0 Å². The van der Waals surface area contributed by atoms with Crippen LogP contribution in [0.4, 0.5) is 0 Å². The summed E-state index contributed by atoms with van der Waals surface area (Å²) in [5.74, 6) is 1.50. The molecule has 0 N–H and O–H groups in total. The fraction of sp³-hybridized carbons (Fsp3) is 0.417. The molecule has 0 unspecified atom stereocenters. The first-order chi connectivity index (χ1) is 14.6. The van der Waals surface area contributed by atoms with Crippen molar-refractivity contribution in [1.82, 2.24) is 9.80 Å². The van der Waals surface area contributed by atoms with E-state index >= 15 is 0 Å². The molecule has 3 rings (SSSR count). The Bertz CT molecular complexity index is 854. The second-order valence-electron chi connectivity index (χ2n) is 7.47. The molecule has 6 heteroatoms. The molecule has 0 bridgehead atoms. The molecule has 30 heavy (non-hydrogen) atoms. The van der Waals surface area contributed by atoms with Crippen LogP contribution in [-0.2, 0) is 22.4 Å². The van der Waals surface area contributed by atoms with Gasteiger partial charge in [0.15, 0.2) is 11.5 Å². The van der Waals surface area contributed by atoms with Crippen molar-refractivity contribution < 1.29 is 19.1 Å². The summed E-state index contributed by atoms with van der Waals surface area (Å²) in [6, 6.07) is 15.6. The zero-order valence-corrected chi connectivity index (χ0v) is 17.8. The maximum atomic E-state index is 12.8. The molecule has 160 valence electrons. The van der Waals surface area contributed by atoms with E-state index in [4.69, 9.17) is 9.47 Å². The first-order valence-electron chi connectivity index (χ1n) is 10.4. The minimum Gasteiger partial charge on any atom is -0.493 e. The lowest BCUT2D eigenvalue weighted by atomic mass is 10.1. The highest BCUT2D eigenvalue weighted by molar-refractivity contribution is 5.79. The van der Waals surface area contributed by atoms with Gasteiger partial charge in [-0.1, -0.05) is 36.4 Å². The van der Waals surface area contributed by atoms with Gasteiger partial charge in [0, 0.05) is 32.6 Å². The number of methoxy groups -OCH3 is 2. The zero-order valence-electron chi connectivity index (χ0n) is 17.8. The molecule has 2 aromatic rings. The highest BCUT2D eigenvalue weighted by atomic mass is 16.5. The number of carbonyl (C=O) groups is 2. The molecular formula is C24H30N2O4. The molecule has 0 spiro atoms. The number of hydrogen-bond donors (Lipinski definition) is 0. The van der Waals surface area contributed by atoms with Gasteiger partial charge in [0.2, 0.25) is 11.8 Å². The van der Waals surface area contributed by atoms with Gasteiger partial charge in [-0.2, -0.15) is 0 Å². The van der Waals surface area contributed by atoms with Crippen LogP contribution in [0, 0.1) is 0 Å². The van der Waals surface area contributed by atoms with E-state index in [0.29, 0.717) is 50.5 Å². The van der Waals surface area contributed by atoms with Crippen LogP contribution in [0.3, 0.4) is 0 Å². The number of benzene rings is 2. The van der Waals surface area contributed by atoms with Gasteiger partial charge in [-0.25, -0.2) is 0 Å². The first-order valence-corrected chi connectivity index (χ1v) is 10.4. The van der Waals surface area contributed by atoms with Crippen LogP contribution in [0.25, 0.3) is 0 Å². The number of amides is 2. The van der Waals surface area contributed by atoms with E-state index in [1.807, 2.05) is 58.3 Å². The fourth-order valence-corrected chi connectivity index (χ4v) is 3.75. The third-order valence-corrected chi connectivity index (χ3v) is 5.47. The van der Waals surface area contributed by atoms with Crippen molar-refractivity contribution in [2.24, 2.45) is 0 Å². The second kappa shape index (κ2) is 10.7. The number of rotatable bonds is 7. The maximum absolute atomic E-state index is 12.8. The second-order valence-corrected chi connectivity index (χ2v) is 7.47. The third-order valence-electron chi connectivity index (χ3n) is 5.47. The zero-order chi connectivity index (χ0) is 21.3. The highest BCUT2D eigenvalue weighted by Gasteiger charge is 2.22. The van der Waals surface area contributed by atoms with E-state index in [2.05, 4.69) is 0 Å². The van der Waals surface area contributed by atoms with Gasteiger partial charge >= 0.3 is 0 Å². The Balaban J connectivity index is 1.51. The minimum absolute atomic E-state index is 0.0702. The quantitative estimate of drug-likeness (QED) is 0.704. The number of aryl methyl sites for hydroxylation is 1. The largest absolute Gasteiger partial charge is 0.493 e. The molecular weight excluding hydrogens is 380 g/mol. The molecule has 0 aliphatic carbocycles. The summed E-state index contributed by atoms with van der Waals surface area (Å²) in [7, 11) is 3.18. The Kier molecular flexibility index (Phi) is 7.71. The van der Waals surface area contributed by atoms with Crippen LogP contribution in [0.1, 0.15) is 24.0 Å². The summed E-state index contributed by atoms with van der Waals surface area (Å²) in [6.45, 7) is 2.54. The molecule has 1 fully saturated rings. The van der Waals surface area contributed by atoms with Crippen LogP contribution < -0.4 is 9.47 Å². The average Bonchev–Trinajstić information content (AvgIpc) is 3.04. The lowest BCUT2D eigenvalue weighted by molar-refractivity contribution is -0.133. The van der Waals surface area contributed by atoms with Gasteiger partial charge in [-0.3, -0.25) is 9.59 Å². The fourth-order valence-electron chi connectivity index (χ4n) is 3.75. The summed E-state index contributed by atoms with van der Waals surface area (Å²) >= 11 is 0. The Morgan fingerprint density at radius 2 is 1.47 bits per heavy atom. The first kappa shape index (κ1) is 21.7. The van der Waals surface area contributed by atoms with Crippen molar-refractivity contribution in [2.45, 2.75) is 25.7 Å². The van der Waals surface area contributed by atoms with Crippen molar-refractivity contribution in [3.05, 3.63) is 59.7 Å².